The van der Waals surface area contributed by atoms with Crippen molar-refractivity contribution in [1.29, 1.82) is 0 Å². The number of benzene rings is 1. The number of furan rings is 1. The number of hydrogen-bond donors (Lipinski definition) is 2. The van der Waals surface area contributed by atoms with Crippen molar-refractivity contribution in [3.8, 4) is 0 Å². The Balaban J connectivity index is 1.97. The SMILES string of the molecule is O=C(Cc1ccc(C(F)(F)F)cc1)NC(CO)c1ccco1. The minimum absolute atomic E-state index is 0.0880. The van der Waals surface area contributed by atoms with Crippen LogP contribution in [0.25, 0.3) is 0 Å². The molecule has 2 aromatic rings. The van der Waals surface area contributed by atoms with Gasteiger partial charge in [0.2, 0.25) is 5.91 Å². The summed E-state index contributed by atoms with van der Waals surface area (Å²) in [4.78, 5) is 11.9. The number of carbonyl (C=O) groups is 1. The molecule has 0 spiro atoms. The topological polar surface area (TPSA) is 62.5 Å². The summed E-state index contributed by atoms with van der Waals surface area (Å²) in [5.41, 5.74) is -0.317. The lowest BCUT2D eigenvalue weighted by Crippen LogP contribution is -2.31. The first-order valence-electron chi connectivity index (χ1n) is 6.50. The zero-order chi connectivity index (χ0) is 16.2. The molecule has 118 valence electrons. The minimum Gasteiger partial charge on any atom is -0.467 e. The molecule has 0 bridgehead atoms. The molecule has 0 radical (unpaired) electrons. The standard InChI is InChI=1S/C15H14F3NO3/c16-15(17,18)11-5-3-10(4-6-11)8-14(21)19-12(9-20)13-2-1-7-22-13/h1-7,12,20H,8-9H2,(H,19,21). The van der Waals surface area contributed by atoms with E-state index in [9.17, 15) is 23.1 Å². The molecule has 0 aliphatic rings. The maximum atomic E-state index is 12.4. The second-order valence-corrected chi connectivity index (χ2v) is 4.69. The number of aliphatic hydroxyl groups is 1. The molecular formula is C15H14F3NO3. The van der Waals surface area contributed by atoms with Gasteiger partial charge in [-0.15, -0.1) is 0 Å². The Hall–Kier alpha value is -2.28. The Bertz CT molecular complexity index is 606. The van der Waals surface area contributed by atoms with Gasteiger partial charge in [0, 0.05) is 0 Å². The van der Waals surface area contributed by atoms with Crippen molar-refractivity contribution in [2.45, 2.75) is 18.6 Å². The third-order valence-electron chi connectivity index (χ3n) is 3.05. The molecule has 1 amide bonds. The van der Waals surface area contributed by atoms with Crippen LogP contribution in [-0.2, 0) is 17.4 Å². The number of aliphatic hydroxyl groups excluding tert-OH is 1. The van der Waals surface area contributed by atoms with Crippen molar-refractivity contribution >= 4 is 5.91 Å². The van der Waals surface area contributed by atoms with E-state index in [0.29, 0.717) is 11.3 Å². The van der Waals surface area contributed by atoms with E-state index in [1.807, 2.05) is 0 Å². The molecule has 0 saturated heterocycles. The fourth-order valence-corrected chi connectivity index (χ4v) is 1.94. The van der Waals surface area contributed by atoms with Gasteiger partial charge in [0.15, 0.2) is 0 Å². The van der Waals surface area contributed by atoms with Crippen LogP contribution in [0.1, 0.15) is 22.9 Å². The Morgan fingerprint density at radius 1 is 1.23 bits per heavy atom. The van der Waals surface area contributed by atoms with Crippen LogP contribution < -0.4 is 5.32 Å². The third-order valence-corrected chi connectivity index (χ3v) is 3.05. The smallest absolute Gasteiger partial charge is 0.416 e. The van der Waals surface area contributed by atoms with Crippen molar-refractivity contribution in [3.05, 3.63) is 59.5 Å². The van der Waals surface area contributed by atoms with Gasteiger partial charge in [-0.2, -0.15) is 13.2 Å². The largest absolute Gasteiger partial charge is 0.467 e. The summed E-state index contributed by atoms with van der Waals surface area (Å²) in [6.45, 7) is -0.341. The van der Waals surface area contributed by atoms with Crippen LogP contribution in [0.4, 0.5) is 13.2 Å². The molecule has 1 atom stereocenters. The maximum Gasteiger partial charge on any atom is 0.416 e. The summed E-state index contributed by atoms with van der Waals surface area (Å²) >= 11 is 0. The van der Waals surface area contributed by atoms with Crippen LogP contribution in [0.15, 0.2) is 47.1 Å². The second kappa shape index (κ2) is 6.65. The highest BCUT2D eigenvalue weighted by Crippen LogP contribution is 2.29. The van der Waals surface area contributed by atoms with Gasteiger partial charge in [-0.05, 0) is 29.8 Å². The first kappa shape index (κ1) is 16.1. The van der Waals surface area contributed by atoms with E-state index in [-0.39, 0.29) is 13.0 Å². The normalized spacial score (nSPS) is 12.9. The zero-order valence-corrected chi connectivity index (χ0v) is 11.4. The second-order valence-electron chi connectivity index (χ2n) is 4.69. The zero-order valence-electron chi connectivity index (χ0n) is 11.4. The van der Waals surface area contributed by atoms with Crippen molar-refractivity contribution in [1.82, 2.24) is 5.32 Å². The molecule has 1 heterocycles. The van der Waals surface area contributed by atoms with Crippen LogP contribution in [0.5, 0.6) is 0 Å². The number of nitrogens with one attached hydrogen (secondary N) is 1. The Morgan fingerprint density at radius 3 is 2.41 bits per heavy atom. The van der Waals surface area contributed by atoms with Crippen molar-refractivity contribution in [2.24, 2.45) is 0 Å². The summed E-state index contributed by atoms with van der Waals surface area (Å²) < 4.78 is 42.4. The molecule has 1 aromatic heterocycles. The van der Waals surface area contributed by atoms with E-state index in [1.54, 1.807) is 12.1 Å². The highest BCUT2D eigenvalue weighted by atomic mass is 19.4. The highest BCUT2D eigenvalue weighted by Gasteiger charge is 2.30. The fourth-order valence-electron chi connectivity index (χ4n) is 1.94. The average Bonchev–Trinajstić information content (AvgIpc) is 2.98. The third kappa shape index (κ3) is 4.11. The quantitative estimate of drug-likeness (QED) is 0.892. The van der Waals surface area contributed by atoms with Crippen LogP contribution >= 0.6 is 0 Å². The lowest BCUT2D eigenvalue weighted by Gasteiger charge is -2.14. The highest BCUT2D eigenvalue weighted by molar-refractivity contribution is 5.79. The van der Waals surface area contributed by atoms with Crippen molar-refractivity contribution in [3.63, 3.8) is 0 Å². The summed E-state index contributed by atoms with van der Waals surface area (Å²) in [6.07, 6.45) is -3.07. The van der Waals surface area contributed by atoms with Crippen molar-refractivity contribution < 1.29 is 27.5 Å². The molecular weight excluding hydrogens is 299 g/mol. The van der Waals surface area contributed by atoms with Gasteiger partial charge in [-0.3, -0.25) is 4.79 Å². The Morgan fingerprint density at radius 2 is 1.91 bits per heavy atom. The lowest BCUT2D eigenvalue weighted by molar-refractivity contribution is -0.137. The first-order valence-corrected chi connectivity index (χ1v) is 6.50. The van der Waals surface area contributed by atoms with Gasteiger partial charge in [0.1, 0.15) is 11.8 Å². The number of carbonyl (C=O) groups excluding carboxylic acids is 1. The molecule has 1 unspecified atom stereocenters. The van der Waals surface area contributed by atoms with Gasteiger partial charge in [0.25, 0.3) is 0 Å². The van der Waals surface area contributed by atoms with Crippen molar-refractivity contribution in [2.75, 3.05) is 6.61 Å². The molecule has 1 aromatic carbocycles. The van der Waals surface area contributed by atoms with Gasteiger partial charge in [-0.25, -0.2) is 0 Å². The predicted molar refractivity (Wildman–Crippen MR) is 71.8 cm³/mol. The monoisotopic (exact) mass is 313 g/mol. The average molecular weight is 313 g/mol. The van der Waals surface area contributed by atoms with Crippen LogP contribution in [0.2, 0.25) is 0 Å². The number of hydrogen-bond acceptors (Lipinski definition) is 3. The molecule has 0 saturated carbocycles. The Kier molecular flexibility index (Phi) is 4.87. The van der Waals surface area contributed by atoms with Crippen LogP contribution in [0, 0.1) is 0 Å². The molecule has 22 heavy (non-hydrogen) atoms. The molecule has 2 N–H and O–H groups in total. The molecule has 7 heteroatoms. The summed E-state index contributed by atoms with van der Waals surface area (Å²) in [6, 6.07) is 6.92. The maximum absolute atomic E-state index is 12.4. The van der Waals surface area contributed by atoms with E-state index in [1.165, 1.54) is 18.4 Å². The molecule has 0 aliphatic heterocycles. The van der Waals surface area contributed by atoms with Gasteiger partial charge in [-0.1, -0.05) is 12.1 Å². The molecule has 0 aliphatic carbocycles. The van der Waals surface area contributed by atoms with Crippen LogP contribution in [-0.4, -0.2) is 17.6 Å². The number of halogens is 3. The van der Waals surface area contributed by atoms with E-state index < -0.39 is 23.7 Å². The molecule has 4 nitrogen and oxygen atoms in total. The minimum atomic E-state index is -4.40. The summed E-state index contributed by atoms with van der Waals surface area (Å²) in [7, 11) is 0. The van der Waals surface area contributed by atoms with Crippen LogP contribution in [0.3, 0.4) is 0 Å². The first-order chi connectivity index (χ1) is 10.4. The van der Waals surface area contributed by atoms with Gasteiger partial charge >= 0.3 is 6.18 Å². The Labute approximate surface area is 124 Å². The van der Waals surface area contributed by atoms with E-state index in [0.717, 1.165) is 12.1 Å². The van der Waals surface area contributed by atoms with E-state index in [4.69, 9.17) is 4.42 Å². The van der Waals surface area contributed by atoms with Gasteiger partial charge < -0.3 is 14.8 Å². The fraction of sp³-hybridized carbons (Fsp3) is 0.267. The number of rotatable bonds is 5. The molecule has 0 fully saturated rings. The summed E-state index contributed by atoms with van der Waals surface area (Å²) in [5, 5.41) is 11.8. The summed E-state index contributed by atoms with van der Waals surface area (Å²) in [5.74, 6) is -0.0153. The molecule has 2 rings (SSSR count). The lowest BCUT2D eigenvalue weighted by atomic mass is 10.1. The van der Waals surface area contributed by atoms with E-state index >= 15 is 0 Å². The number of amides is 1. The van der Waals surface area contributed by atoms with E-state index in [2.05, 4.69) is 5.32 Å². The van der Waals surface area contributed by atoms with Gasteiger partial charge in [0.05, 0.1) is 24.9 Å². The number of alkyl halides is 3. The predicted octanol–water partition coefficient (Wildman–Crippen LogP) is 2.69.